The Morgan fingerprint density at radius 3 is 2.79 bits per heavy atom. The molecule has 7 heteroatoms. The van der Waals surface area contributed by atoms with Gasteiger partial charge in [-0.2, -0.15) is 11.3 Å². The van der Waals surface area contributed by atoms with Crippen LogP contribution in [-0.4, -0.2) is 25.6 Å². The molecule has 0 aliphatic rings. The lowest BCUT2D eigenvalue weighted by atomic mass is 10.1. The van der Waals surface area contributed by atoms with Crippen molar-refractivity contribution >= 4 is 56.9 Å². The van der Waals surface area contributed by atoms with Crippen LogP contribution in [0.15, 0.2) is 63.7 Å². The summed E-state index contributed by atoms with van der Waals surface area (Å²) in [6.45, 7) is -0.409. The number of para-hydroxylation sites is 1. The van der Waals surface area contributed by atoms with Gasteiger partial charge >= 0.3 is 5.97 Å². The van der Waals surface area contributed by atoms with Crippen LogP contribution in [0, 0.1) is 0 Å². The summed E-state index contributed by atoms with van der Waals surface area (Å²) in [6, 6.07) is 13.1. The van der Waals surface area contributed by atoms with Crippen LogP contribution in [0.2, 0.25) is 0 Å². The first kappa shape index (κ1) is 18.8. The van der Waals surface area contributed by atoms with Gasteiger partial charge in [0.25, 0.3) is 5.91 Å². The van der Waals surface area contributed by atoms with Crippen molar-refractivity contribution in [1.29, 1.82) is 0 Å². The van der Waals surface area contributed by atoms with E-state index in [1.54, 1.807) is 12.1 Å². The van der Waals surface area contributed by atoms with Crippen molar-refractivity contribution in [1.82, 2.24) is 0 Å². The molecule has 2 aromatic carbocycles. The number of carbonyl (C=O) groups is 2. The van der Waals surface area contributed by atoms with Crippen LogP contribution in [-0.2, 0) is 14.3 Å². The minimum absolute atomic E-state index is 0.409. The van der Waals surface area contributed by atoms with E-state index in [9.17, 15) is 9.59 Å². The maximum Gasteiger partial charge on any atom is 0.331 e. The van der Waals surface area contributed by atoms with Gasteiger partial charge in [0.2, 0.25) is 0 Å². The van der Waals surface area contributed by atoms with Gasteiger partial charge in [-0.05, 0) is 40.6 Å². The highest BCUT2D eigenvalue weighted by Crippen LogP contribution is 2.36. The van der Waals surface area contributed by atoms with Crippen molar-refractivity contribution in [2.24, 2.45) is 0 Å². The molecule has 4 rings (SSSR count). The standard InChI is InChI=1S/C22H17NO5S/c1-26-20-10-16-15-4-2-3-5-18(15)28-19(16)11-17(20)23-21(24)12-27-22(25)7-6-14-8-9-29-13-14/h2-11,13H,12H2,1H3,(H,23,24)/b7-6+. The molecule has 1 N–H and O–H groups in total. The average molecular weight is 407 g/mol. The Kier molecular flexibility index (Phi) is 5.31. The van der Waals surface area contributed by atoms with Gasteiger partial charge in [0.05, 0.1) is 12.8 Å². The van der Waals surface area contributed by atoms with Crippen LogP contribution in [0.5, 0.6) is 5.75 Å². The number of fused-ring (bicyclic) bond motifs is 3. The lowest BCUT2D eigenvalue weighted by molar-refractivity contribution is -0.142. The van der Waals surface area contributed by atoms with E-state index >= 15 is 0 Å². The van der Waals surface area contributed by atoms with E-state index in [1.165, 1.54) is 24.5 Å². The molecule has 0 saturated heterocycles. The third kappa shape index (κ3) is 4.14. The van der Waals surface area contributed by atoms with Crippen molar-refractivity contribution in [3.63, 3.8) is 0 Å². The lowest BCUT2D eigenvalue weighted by Gasteiger charge is -2.10. The van der Waals surface area contributed by atoms with E-state index in [-0.39, 0.29) is 0 Å². The van der Waals surface area contributed by atoms with E-state index < -0.39 is 18.5 Å². The fourth-order valence-electron chi connectivity index (χ4n) is 2.92. The predicted octanol–water partition coefficient (Wildman–Crippen LogP) is 4.85. The van der Waals surface area contributed by atoms with E-state index in [1.807, 2.05) is 47.2 Å². The first-order valence-corrected chi connectivity index (χ1v) is 9.74. The minimum Gasteiger partial charge on any atom is -0.495 e. The number of nitrogens with one attached hydrogen (secondary N) is 1. The smallest absolute Gasteiger partial charge is 0.331 e. The van der Waals surface area contributed by atoms with Crippen molar-refractivity contribution < 1.29 is 23.5 Å². The quantitative estimate of drug-likeness (QED) is 0.365. The van der Waals surface area contributed by atoms with Crippen molar-refractivity contribution in [2.75, 3.05) is 19.0 Å². The molecule has 4 aromatic rings. The number of benzene rings is 2. The van der Waals surface area contributed by atoms with E-state index in [4.69, 9.17) is 13.9 Å². The zero-order chi connectivity index (χ0) is 20.2. The largest absolute Gasteiger partial charge is 0.495 e. The van der Waals surface area contributed by atoms with Crippen molar-refractivity contribution in [2.45, 2.75) is 0 Å². The number of hydrogen-bond acceptors (Lipinski definition) is 6. The summed E-state index contributed by atoms with van der Waals surface area (Å²) in [7, 11) is 1.52. The monoisotopic (exact) mass is 407 g/mol. The summed E-state index contributed by atoms with van der Waals surface area (Å²) in [4.78, 5) is 24.0. The second kappa shape index (κ2) is 8.20. The molecule has 0 saturated carbocycles. The van der Waals surface area contributed by atoms with Gasteiger partial charge in [-0.1, -0.05) is 18.2 Å². The van der Waals surface area contributed by atoms with Crippen LogP contribution in [0.1, 0.15) is 5.56 Å². The van der Waals surface area contributed by atoms with Crippen molar-refractivity contribution in [3.05, 3.63) is 64.9 Å². The number of methoxy groups -OCH3 is 1. The highest BCUT2D eigenvalue weighted by atomic mass is 32.1. The second-order valence-corrected chi connectivity index (χ2v) is 6.97. The van der Waals surface area contributed by atoms with Gasteiger partial charge in [0, 0.05) is 22.9 Å². The Hall–Kier alpha value is -3.58. The number of amides is 1. The van der Waals surface area contributed by atoms with Gasteiger partial charge in [-0.25, -0.2) is 4.79 Å². The molecule has 0 bridgehead atoms. The van der Waals surface area contributed by atoms with Gasteiger partial charge in [0.1, 0.15) is 16.9 Å². The zero-order valence-corrected chi connectivity index (χ0v) is 16.3. The zero-order valence-electron chi connectivity index (χ0n) is 15.5. The Labute approximate surface area is 170 Å². The summed E-state index contributed by atoms with van der Waals surface area (Å²) in [5, 5.41) is 8.36. The summed E-state index contributed by atoms with van der Waals surface area (Å²) in [5.41, 5.74) is 2.71. The Morgan fingerprint density at radius 2 is 2.00 bits per heavy atom. The van der Waals surface area contributed by atoms with Gasteiger partial charge in [-0.15, -0.1) is 0 Å². The molecular formula is C22H17NO5S. The van der Waals surface area contributed by atoms with Crippen LogP contribution >= 0.6 is 11.3 Å². The summed E-state index contributed by atoms with van der Waals surface area (Å²) >= 11 is 1.53. The Balaban J connectivity index is 1.45. The minimum atomic E-state index is -0.592. The molecule has 2 aromatic heterocycles. The summed E-state index contributed by atoms with van der Waals surface area (Å²) < 4.78 is 16.2. The first-order chi connectivity index (χ1) is 14.1. The van der Waals surface area contributed by atoms with Crippen LogP contribution in [0.25, 0.3) is 28.0 Å². The maximum atomic E-state index is 12.2. The Bertz CT molecular complexity index is 1210. The number of hydrogen-bond donors (Lipinski definition) is 1. The second-order valence-electron chi connectivity index (χ2n) is 6.19. The maximum absolute atomic E-state index is 12.2. The van der Waals surface area contributed by atoms with Gasteiger partial charge < -0.3 is 19.2 Å². The molecular weight excluding hydrogens is 390 g/mol. The molecule has 2 heterocycles. The molecule has 0 fully saturated rings. The molecule has 146 valence electrons. The molecule has 0 aliphatic carbocycles. The molecule has 0 radical (unpaired) electrons. The molecule has 0 unspecified atom stereocenters. The van der Waals surface area contributed by atoms with Crippen LogP contribution in [0.4, 0.5) is 5.69 Å². The molecule has 6 nitrogen and oxygen atoms in total. The normalized spacial score (nSPS) is 11.2. The van der Waals surface area contributed by atoms with Gasteiger partial charge in [0.15, 0.2) is 6.61 Å². The molecule has 1 amide bonds. The number of rotatable bonds is 6. The van der Waals surface area contributed by atoms with Crippen LogP contribution in [0.3, 0.4) is 0 Å². The Morgan fingerprint density at radius 1 is 1.14 bits per heavy atom. The molecule has 0 aliphatic heterocycles. The molecule has 0 atom stereocenters. The fourth-order valence-corrected chi connectivity index (χ4v) is 3.55. The lowest BCUT2D eigenvalue weighted by Crippen LogP contribution is -2.20. The number of esters is 1. The average Bonchev–Trinajstić information content (AvgIpc) is 3.37. The highest BCUT2D eigenvalue weighted by molar-refractivity contribution is 7.08. The van der Waals surface area contributed by atoms with Crippen molar-refractivity contribution in [3.8, 4) is 5.75 Å². The third-order valence-electron chi connectivity index (χ3n) is 4.27. The highest BCUT2D eigenvalue weighted by Gasteiger charge is 2.14. The number of furan rings is 1. The van der Waals surface area contributed by atoms with Gasteiger partial charge in [-0.3, -0.25) is 4.79 Å². The number of anilines is 1. The fraction of sp³-hybridized carbons (Fsp3) is 0.0909. The first-order valence-electron chi connectivity index (χ1n) is 8.80. The third-order valence-corrected chi connectivity index (χ3v) is 4.97. The number of ether oxygens (including phenoxy) is 2. The number of thiophene rings is 1. The molecule has 0 spiro atoms. The summed E-state index contributed by atoms with van der Waals surface area (Å²) in [5.74, 6) is -0.580. The summed E-state index contributed by atoms with van der Waals surface area (Å²) in [6.07, 6.45) is 2.92. The van der Waals surface area contributed by atoms with Crippen LogP contribution < -0.4 is 10.1 Å². The molecule has 29 heavy (non-hydrogen) atoms. The number of carbonyl (C=O) groups excluding carboxylic acids is 2. The van der Waals surface area contributed by atoms with E-state index in [0.29, 0.717) is 17.0 Å². The predicted molar refractivity (Wildman–Crippen MR) is 113 cm³/mol. The van der Waals surface area contributed by atoms with E-state index in [0.717, 1.165) is 21.9 Å². The SMILES string of the molecule is COc1cc2c(cc1NC(=O)COC(=O)/C=C/c1ccsc1)oc1ccccc12. The topological polar surface area (TPSA) is 77.8 Å². The van der Waals surface area contributed by atoms with E-state index in [2.05, 4.69) is 5.32 Å².